The van der Waals surface area contributed by atoms with Crippen molar-refractivity contribution in [1.29, 1.82) is 0 Å². The molecule has 0 bridgehead atoms. The molecule has 2 atom stereocenters. The van der Waals surface area contributed by atoms with Crippen molar-refractivity contribution in [1.82, 2.24) is 9.62 Å². The number of thiophene rings is 1. The molecule has 0 radical (unpaired) electrons. The number of halogens is 3. The second-order valence-electron chi connectivity index (χ2n) is 9.49. The van der Waals surface area contributed by atoms with E-state index in [-0.39, 0.29) is 29.5 Å². The number of aliphatic carboxylic acids is 1. The van der Waals surface area contributed by atoms with Crippen molar-refractivity contribution in [2.75, 3.05) is 6.54 Å². The van der Waals surface area contributed by atoms with Crippen LogP contribution in [0.4, 0.5) is 18.0 Å². The maximum absolute atomic E-state index is 13.2. The molecule has 1 aliphatic heterocycles. The van der Waals surface area contributed by atoms with Crippen LogP contribution in [0, 0.1) is 5.92 Å². The van der Waals surface area contributed by atoms with Gasteiger partial charge < -0.3 is 9.84 Å². The van der Waals surface area contributed by atoms with E-state index in [9.17, 15) is 31.2 Å². The summed E-state index contributed by atoms with van der Waals surface area (Å²) in [6, 6.07) is 7.19. The Labute approximate surface area is 211 Å². The Balaban J connectivity index is 1.82. The number of likely N-dealkylation sites (tertiary alicyclic amines) is 1. The third-order valence-corrected chi connectivity index (χ3v) is 8.52. The number of nitrogens with zero attached hydrogens (tertiary/aromatic N) is 1. The van der Waals surface area contributed by atoms with Crippen LogP contribution in [0.1, 0.15) is 45.6 Å². The molecule has 1 aromatic heterocycles. The number of carbonyl (C=O) groups is 2. The number of hydrogen-bond acceptors (Lipinski definition) is 6. The van der Waals surface area contributed by atoms with Crippen molar-refractivity contribution >= 4 is 33.4 Å². The van der Waals surface area contributed by atoms with Crippen LogP contribution in [-0.2, 0) is 25.7 Å². The van der Waals surface area contributed by atoms with Gasteiger partial charge in [0.25, 0.3) is 10.0 Å². The van der Waals surface area contributed by atoms with Crippen LogP contribution in [0.15, 0.2) is 40.6 Å². The molecule has 1 fully saturated rings. The molecule has 2 heterocycles. The van der Waals surface area contributed by atoms with Gasteiger partial charge in [-0.25, -0.2) is 13.2 Å². The van der Waals surface area contributed by atoms with Gasteiger partial charge in [0.2, 0.25) is 0 Å². The third-order valence-electron chi connectivity index (χ3n) is 5.44. The molecule has 36 heavy (non-hydrogen) atoms. The summed E-state index contributed by atoms with van der Waals surface area (Å²) in [5.74, 6) is -1.37. The first-order chi connectivity index (χ1) is 16.5. The maximum Gasteiger partial charge on any atom is 0.416 e. The Bertz CT molecular complexity index is 1200. The topological polar surface area (TPSA) is 113 Å². The van der Waals surface area contributed by atoms with Crippen molar-refractivity contribution in [3.8, 4) is 10.4 Å². The van der Waals surface area contributed by atoms with E-state index in [0.29, 0.717) is 16.9 Å². The summed E-state index contributed by atoms with van der Waals surface area (Å²) in [5.41, 5.74) is -1.21. The molecule has 1 amide bonds. The minimum Gasteiger partial charge on any atom is -0.481 e. The number of piperidine rings is 1. The standard InChI is InChI=1S/C23H27F3N2O6S2/c1-22(2,3)34-21(31)28-11-10-14(13-19(29)30)12-18(28)27-36(32,33)20-9-8-17(35-20)15-4-6-16(7-5-15)23(24,25)26/h4-9,14,18,27H,10-13H2,1-3H3,(H,29,30)/t14?,18-/m0/s1. The average Bonchev–Trinajstić information content (AvgIpc) is 3.23. The number of rotatable bonds is 6. The van der Waals surface area contributed by atoms with Gasteiger partial charge in [-0.15, -0.1) is 11.3 Å². The van der Waals surface area contributed by atoms with Crippen LogP contribution in [-0.4, -0.2) is 48.8 Å². The van der Waals surface area contributed by atoms with Crippen LogP contribution >= 0.6 is 11.3 Å². The van der Waals surface area contributed by atoms with Gasteiger partial charge in [-0.1, -0.05) is 12.1 Å². The van der Waals surface area contributed by atoms with Crippen molar-refractivity contribution in [3.05, 3.63) is 42.0 Å². The van der Waals surface area contributed by atoms with Crippen molar-refractivity contribution in [2.45, 2.75) is 62.2 Å². The summed E-state index contributed by atoms with van der Waals surface area (Å²) < 4.78 is 72.6. The van der Waals surface area contributed by atoms with E-state index in [2.05, 4.69) is 4.72 Å². The Morgan fingerprint density at radius 3 is 2.33 bits per heavy atom. The lowest BCUT2D eigenvalue weighted by Crippen LogP contribution is -2.55. The predicted octanol–water partition coefficient (Wildman–Crippen LogP) is 5.16. The first-order valence-corrected chi connectivity index (χ1v) is 13.4. The number of ether oxygens (including phenoxy) is 1. The Kier molecular flexibility index (Phi) is 8.06. The first kappa shape index (κ1) is 27.9. The summed E-state index contributed by atoms with van der Waals surface area (Å²) in [7, 11) is -4.15. The minimum atomic E-state index is -4.48. The van der Waals surface area contributed by atoms with Gasteiger partial charge in [-0.05, 0) is 69.4 Å². The van der Waals surface area contributed by atoms with Crippen molar-refractivity contribution < 1.29 is 41.0 Å². The molecule has 1 saturated heterocycles. The number of carboxylic acid groups (broad SMARTS) is 1. The lowest BCUT2D eigenvalue weighted by molar-refractivity contribution is -0.139. The van der Waals surface area contributed by atoms with Gasteiger partial charge >= 0.3 is 18.2 Å². The van der Waals surface area contributed by atoms with E-state index in [0.717, 1.165) is 23.5 Å². The van der Waals surface area contributed by atoms with Crippen LogP contribution in [0.25, 0.3) is 10.4 Å². The quantitative estimate of drug-likeness (QED) is 0.516. The molecule has 1 aliphatic rings. The second kappa shape index (κ2) is 10.4. The molecule has 1 unspecified atom stereocenters. The first-order valence-electron chi connectivity index (χ1n) is 11.1. The van der Waals surface area contributed by atoms with Crippen LogP contribution in [0.3, 0.4) is 0 Å². The maximum atomic E-state index is 13.2. The molecule has 3 rings (SSSR count). The fraction of sp³-hybridized carbons (Fsp3) is 0.478. The predicted molar refractivity (Wildman–Crippen MR) is 127 cm³/mol. The van der Waals surface area contributed by atoms with Crippen molar-refractivity contribution in [2.24, 2.45) is 5.92 Å². The molecule has 2 aromatic rings. The lowest BCUT2D eigenvalue weighted by atomic mass is 9.92. The average molecular weight is 549 g/mol. The molecule has 13 heteroatoms. The molecule has 1 aromatic carbocycles. The number of amides is 1. The molecule has 8 nitrogen and oxygen atoms in total. The second-order valence-corrected chi connectivity index (χ2v) is 12.5. The zero-order valence-corrected chi connectivity index (χ0v) is 21.5. The van der Waals surface area contributed by atoms with E-state index < -0.39 is 45.6 Å². The largest absolute Gasteiger partial charge is 0.481 e. The SMILES string of the molecule is CC(C)(C)OC(=O)N1CCC(CC(=O)O)C[C@H]1NS(=O)(=O)c1ccc(-c2ccc(C(F)(F)F)cc2)s1. The highest BCUT2D eigenvalue weighted by atomic mass is 32.2. The highest BCUT2D eigenvalue weighted by molar-refractivity contribution is 7.91. The number of carboxylic acids is 1. The van der Waals surface area contributed by atoms with Gasteiger partial charge in [0.1, 0.15) is 9.81 Å². The number of hydrogen-bond donors (Lipinski definition) is 2. The van der Waals surface area contributed by atoms with E-state index in [1.54, 1.807) is 20.8 Å². The molecule has 2 N–H and O–H groups in total. The number of sulfonamides is 1. The molecule has 0 spiro atoms. The smallest absolute Gasteiger partial charge is 0.416 e. The third kappa shape index (κ3) is 7.20. The Hall–Kier alpha value is -2.64. The van der Waals surface area contributed by atoms with Crippen molar-refractivity contribution in [3.63, 3.8) is 0 Å². The number of carbonyl (C=O) groups excluding carboxylic acids is 1. The normalized spacial score (nSPS) is 19.2. The fourth-order valence-corrected chi connectivity index (χ4v) is 6.34. The summed E-state index contributed by atoms with van der Waals surface area (Å²) >= 11 is 0.865. The number of nitrogens with one attached hydrogen (secondary N) is 1. The van der Waals surface area contributed by atoms with E-state index in [1.165, 1.54) is 29.2 Å². The summed E-state index contributed by atoms with van der Waals surface area (Å²) in [5, 5.41) is 9.16. The van der Waals surface area contributed by atoms with Crippen LogP contribution in [0.2, 0.25) is 0 Å². The molecular weight excluding hydrogens is 521 g/mol. The highest BCUT2D eigenvalue weighted by Crippen LogP contribution is 2.35. The molecule has 0 aliphatic carbocycles. The van der Waals surface area contributed by atoms with Crippen LogP contribution < -0.4 is 4.72 Å². The van der Waals surface area contributed by atoms with E-state index in [1.807, 2.05) is 0 Å². The zero-order chi connectivity index (χ0) is 26.9. The monoisotopic (exact) mass is 548 g/mol. The lowest BCUT2D eigenvalue weighted by Gasteiger charge is -2.39. The van der Waals surface area contributed by atoms with Crippen LogP contribution in [0.5, 0.6) is 0 Å². The fourth-order valence-electron chi connectivity index (χ4n) is 3.80. The van der Waals surface area contributed by atoms with Gasteiger partial charge in [-0.3, -0.25) is 9.69 Å². The summed E-state index contributed by atoms with van der Waals surface area (Å²) in [6.07, 6.45) is -5.94. The minimum absolute atomic E-state index is 0.0852. The molecular formula is C23H27F3N2O6S2. The highest BCUT2D eigenvalue weighted by Gasteiger charge is 2.37. The summed E-state index contributed by atoms with van der Waals surface area (Å²) in [4.78, 5) is 25.6. The molecule has 0 saturated carbocycles. The van der Waals surface area contributed by atoms with E-state index in [4.69, 9.17) is 9.84 Å². The zero-order valence-electron chi connectivity index (χ0n) is 19.8. The number of alkyl halides is 3. The summed E-state index contributed by atoms with van der Waals surface area (Å²) in [6.45, 7) is 5.14. The molecule has 198 valence electrons. The van der Waals surface area contributed by atoms with Gasteiger partial charge in [0.05, 0.1) is 11.7 Å². The Morgan fingerprint density at radius 1 is 1.14 bits per heavy atom. The van der Waals surface area contributed by atoms with Gasteiger partial charge in [0.15, 0.2) is 0 Å². The van der Waals surface area contributed by atoms with Gasteiger partial charge in [0, 0.05) is 17.8 Å². The Morgan fingerprint density at radius 2 is 1.78 bits per heavy atom. The van der Waals surface area contributed by atoms with E-state index >= 15 is 0 Å². The number of benzene rings is 1. The van der Waals surface area contributed by atoms with Gasteiger partial charge in [-0.2, -0.15) is 17.9 Å².